The third kappa shape index (κ3) is 3.58. The van der Waals surface area contributed by atoms with Crippen molar-refractivity contribution in [3.63, 3.8) is 0 Å². The summed E-state index contributed by atoms with van der Waals surface area (Å²) in [5, 5.41) is 3.56. The van der Waals surface area contributed by atoms with E-state index in [0.29, 0.717) is 6.04 Å². The predicted molar refractivity (Wildman–Crippen MR) is 82.0 cm³/mol. The summed E-state index contributed by atoms with van der Waals surface area (Å²) >= 11 is 1.85. The number of thiophene rings is 1. The van der Waals surface area contributed by atoms with Crippen molar-refractivity contribution >= 4 is 11.3 Å². The van der Waals surface area contributed by atoms with Gasteiger partial charge in [-0.25, -0.2) is 0 Å². The van der Waals surface area contributed by atoms with Crippen LogP contribution in [0.1, 0.15) is 33.8 Å². The van der Waals surface area contributed by atoms with Crippen molar-refractivity contribution in [3.05, 3.63) is 51.2 Å². The molecule has 0 aliphatic carbocycles. The van der Waals surface area contributed by atoms with E-state index >= 15 is 0 Å². The lowest BCUT2D eigenvalue weighted by Crippen LogP contribution is -2.17. The molecule has 1 aromatic heterocycles. The van der Waals surface area contributed by atoms with Gasteiger partial charge >= 0.3 is 0 Å². The third-order valence-corrected chi connectivity index (χ3v) is 4.41. The van der Waals surface area contributed by atoms with Crippen LogP contribution in [0.3, 0.4) is 0 Å². The van der Waals surface area contributed by atoms with Gasteiger partial charge in [-0.05, 0) is 39.0 Å². The molecule has 0 saturated carbocycles. The fourth-order valence-corrected chi connectivity index (χ4v) is 3.00. The van der Waals surface area contributed by atoms with E-state index in [2.05, 4.69) is 50.4 Å². The van der Waals surface area contributed by atoms with Crippen molar-refractivity contribution < 1.29 is 4.74 Å². The van der Waals surface area contributed by atoms with Crippen molar-refractivity contribution in [1.82, 2.24) is 5.32 Å². The monoisotopic (exact) mass is 275 g/mol. The van der Waals surface area contributed by atoms with Gasteiger partial charge in [-0.3, -0.25) is 0 Å². The largest absolute Gasteiger partial charge is 0.496 e. The Kier molecular flexibility index (Phi) is 4.61. The summed E-state index contributed by atoms with van der Waals surface area (Å²) in [6.45, 7) is 7.27. The summed E-state index contributed by atoms with van der Waals surface area (Å²) < 4.78 is 5.41. The standard InChI is InChI=1S/C16H21NOS/c1-11-5-7-15(18-4)14(9-11)10-17-13(3)16-8-6-12(2)19-16/h5-9,13,17H,10H2,1-4H3. The maximum absolute atomic E-state index is 5.41. The molecule has 0 radical (unpaired) electrons. The minimum Gasteiger partial charge on any atom is -0.496 e. The summed E-state index contributed by atoms with van der Waals surface area (Å²) in [5.74, 6) is 0.952. The van der Waals surface area contributed by atoms with Crippen LogP contribution in [0.15, 0.2) is 30.3 Å². The number of rotatable bonds is 5. The van der Waals surface area contributed by atoms with Gasteiger partial charge in [0.05, 0.1) is 7.11 Å². The second-order valence-corrected chi connectivity index (χ2v) is 6.19. The molecule has 102 valence electrons. The molecular weight excluding hydrogens is 254 g/mol. The Morgan fingerprint density at radius 1 is 1.21 bits per heavy atom. The number of methoxy groups -OCH3 is 1. The van der Waals surface area contributed by atoms with E-state index in [9.17, 15) is 0 Å². The van der Waals surface area contributed by atoms with Gasteiger partial charge in [0, 0.05) is 27.9 Å². The molecule has 2 aromatic rings. The van der Waals surface area contributed by atoms with Gasteiger partial charge in [0.25, 0.3) is 0 Å². The molecule has 19 heavy (non-hydrogen) atoms. The molecule has 2 rings (SSSR count). The molecule has 0 aliphatic rings. The molecule has 0 amide bonds. The maximum atomic E-state index is 5.41. The van der Waals surface area contributed by atoms with E-state index in [0.717, 1.165) is 12.3 Å². The van der Waals surface area contributed by atoms with Crippen LogP contribution < -0.4 is 10.1 Å². The van der Waals surface area contributed by atoms with E-state index in [-0.39, 0.29) is 0 Å². The van der Waals surface area contributed by atoms with Gasteiger partial charge in [0.2, 0.25) is 0 Å². The third-order valence-electron chi connectivity index (χ3n) is 3.22. The summed E-state index contributed by atoms with van der Waals surface area (Å²) in [6.07, 6.45) is 0. The van der Waals surface area contributed by atoms with Gasteiger partial charge in [0.15, 0.2) is 0 Å². The fraction of sp³-hybridized carbons (Fsp3) is 0.375. The van der Waals surface area contributed by atoms with Gasteiger partial charge in [-0.1, -0.05) is 17.7 Å². The highest BCUT2D eigenvalue weighted by molar-refractivity contribution is 7.12. The molecular formula is C16H21NOS. The molecule has 3 heteroatoms. The smallest absolute Gasteiger partial charge is 0.123 e. The average molecular weight is 275 g/mol. The first-order valence-electron chi connectivity index (χ1n) is 6.53. The lowest BCUT2D eigenvalue weighted by atomic mass is 10.1. The van der Waals surface area contributed by atoms with Crippen LogP contribution in [0.5, 0.6) is 5.75 Å². The van der Waals surface area contributed by atoms with E-state index in [1.54, 1.807) is 7.11 Å². The Morgan fingerprint density at radius 3 is 2.63 bits per heavy atom. The topological polar surface area (TPSA) is 21.3 Å². The molecule has 0 saturated heterocycles. The van der Waals surface area contributed by atoms with Gasteiger partial charge in [-0.2, -0.15) is 0 Å². The molecule has 1 atom stereocenters. The molecule has 1 unspecified atom stereocenters. The van der Waals surface area contributed by atoms with Crippen LogP contribution in [0.4, 0.5) is 0 Å². The second kappa shape index (κ2) is 6.22. The highest BCUT2D eigenvalue weighted by Crippen LogP contribution is 2.24. The number of hydrogen-bond acceptors (Lipinski definition) is 3. The van der Waals surface area contributed by atoms with Crippen molar-refractivity contribution in [3.8, 4) is 5.75 Å². The number of nitrogens with one attached hydrogen (secondary N) is 1. The SMILES string of the molecule is COc1ccc(C)cc1CNC(C)c1ccc(C)s1. The molecule has 0 fully saturated rings. The van der Waals surface area contributed by atoms with E-state index in [4.69, 9.17) is 4.74 Å². The van der Waals surface area contributed by atoms with Crippen molar-refractivity contribution in [2.75, 3.05) is 7.11 Å². The minimum atomic E-state index is 0.365. The zero-order valence-electron chi connectivity index (χ0n) is 12.0. The Bertz CT molecular complexity index is 547. The van der Waals surface area contributed by atoms with Crippen molar-refractivity contribution in [1.29, 1.82) is 0 Å². The Hall–Kier alpha value is -1.32. The maximum Gasteiger partial charge on any atom is 0.123 e. The number of ether oxygens (including phenoxy) is 1. The van der Waals surface area contributed by atoms with Crippen molar-refractivity contribution in [2.45, 2.75) is 33.4 Å². The van der Waals surface area contributed by atoms with Gasteiger partial charge in [-0.15, -0.1) is 11.3 Å². The van der Waals surface area contributed by atoms with Crippen LogP contribution in [0, 0.1) is 13.8 Å². The number of hydrogen-bond donors (Lipinski definition) is 1. The number of benzene rings is 1. The predicted octanol–water partition coefficient (Wildman–Crippen LogP) is 4.22. The average Bonchev–Trinajstić information content (AvgIpc) is 2.83. The van der Waals surface area contributed by atoms with Crippen LogP contribution in [-0.4, -0.2) is 7.11 Å². The van der Waals surface area contributed by atoms with E-state index in [1.165, 1.54) is 20.9 Å². The van der Waals surface area contributed by atoms with Gasteiger partial charge < -0.3 is 10.1 Å². The molecule has 1 aromatic carbocycles. The Balaban J connectivity index is 2.04. The first kappa shape index (κ1) is 14.1. The lowest BCUT2D eigenvalue weighted by Gasteiger charge is -2.14. The minimum absolute atomic E-state index is 0.365. The Morgan fingerprint density at radius 2 is 2.00 bits per heavy atom. The lowest BCUT2D eigenvalue weighted by molar-refractivity contribution is 0.406. The summed E-state index contributed by atoms with van der Waals surface area (Å²) in [6, 6.07) is 11.0. The first-order valence-corrected chi connectivity index (χ1v) is 7.35. The molecule has 2 nitrogen and oxygen atoms in total. The van der Waals surface area contributed by atoms with Crippen molar-refractivity contribution in [2.24, 2.45) is 0 Å². The summed E-state index contributed by atoms with van der Waals surface area (Å²) in [5.41, 5.74) is 2.47. The fourth-order valence-electron chi connectivity index (χ4n) is 2.10. The van der Waals surface area contributed by atoms with E-state index < -0.39 is 0 Å². The number of aryl methyl sites for hydroxylation is 2. The van der Waals surface area contributed by atoms with Crippen LogP contribution >= 0.6 is 11.3 Å². The summed E-state index contributed by atoms with van der Waals surface area (Å²) in [4.78, 5) is 2.74. The van der Waals surface area contributed by atoms with Crippen LogP contribution in [0.2, 0.25) is 0 Å². The van der Waals surface area contributed by atoms with Crippen LogP contribution in [0.25, 0.3) is 0 Å². The molecule has 0 spiro atoms. The molecule has 0 bridgehead atoms. The second-order valence-electron chi connectivity index (χ2n) is 4.87. The first-order chi connectivity index (χ1) is 9.10. The quantitative estimate of drug-likeness (QED) is 0.882. The highest BCUT2D eigenvalue weighted by Gasteiger charge is 2.09. The zero-order chi connectivity index (χ0) is 13.8. The molecule has 1 heterocycles. The van der Waals surface area contributed by atoms with Crippen LogP contribution in [-0.2, 0) is 6.54 Å². The summed E-state index contributed by atoms with van der Waals surface area (Å²) in [7, 11) is 1.72. The van der Waals surface area contributed by atoms with E-state index in [1.807, 2.05) is 17.4 Å². The highest BCUT2D eigenvalue weighted by atomic mass is 32.1. The Labute approximate surface area is 119 Å². The molecule has 1 N–H and O–H groups in total. The van der Waals surface area contributed by atoms with Gasteiger partial charge in [0.1, 0.15) is 5.75 Å². The normalized spacial score (nSPS) is 12.4. The zero-order valence-corrected chi connectivity index (χ0v) is 12.8. The molecule has 0 aliphatic heterocycles.